The SMILES string of the molecule is CCc1ccccc1C[Si]1CCCCC1. The molecule has 0 aromatic heterocycles. The van der Waals surface area contributed by atoms with E-state index < -0.39 is 0 Å². The molecule has 81 valence electrons. The van der Waals surface area contributed by atoms with E-state index in [0.717, 1.165) is 0 Å². The largest absolute Gasteiger partial charge is 0.0620 e. The Labute approximate surface area is 95.3 Å². The molecule has 1 heterocycles. The minimum atomic E-state index is -0.0324. The Bertz CT molecular complexity index is 300. The minimum Gasteiger partial charge on any atom is -0.0620 e. The van der Waals surface area contributed by atoms with Gasteiger partial charge in [-0.3, -0.25) is 0 Å². The van der Waals surface area contributed by atoms with Crippen molar-refractivity contribution in [3.05, 3.63) is 35.4 Å². The summed E-state index contributed by atoms with van der Waals surface area (Å²) in [6, 6.07) is 13.6. The van der Waals surface area contributed by atoms with Crippen LogP contribution in [-0.2, 0) is 12.5 Å². The van der Waals surface area contributed by atoms with E-state index in [2.05, 4.69) is 31.2 Å². The van der Waals surface area contributed by atoms with Crippen molar-refractivity contribution >= 4 is 8.80 Å². The van der Waals surface area contributed by atoms with E-state index in [9.17, 15) is 0 Å². The molecule has 0 saturated carbocycles. The quantitative estimate of drug-likeness (QED) is 0.671. The van der Waals surface area contributed by atoms with E-state index in [4.69, 9.17) is 0 Å². The first kappa shape index (κ1) is 10.9. The van der Waals surface area contributed by atoms with Crippen LogP contribution in [-0.4, -0.2) is 8.80 Å². The average molecular weight is 217 g/mol. The van der Waals surface area contributed by atoms with Gasteiger partial charge >= 0.3 is 0 Å². The Morgan fingerprint density at radius 3 is 2.33 bits per heavy atom. The molecule has 0 N–H and O–H groups in total. The second-order valence-electron chi connectivity index (χ2n) is 4.61. The highest BCUT2D eigenvalue weighted by atomic mass is 28.3. The zero-order valence-corrected chi connectivity index (χ0v) is 10.8. The van der Waals surface area contributed by atoms with Gasteiger partial charge < -0.3 is 0 Å². The molecule has 15 heavy (non-hydrogen) atoms. The van der Waals surface area contributed by atoms with Crippen molar-refractivity contribution in [1.82, 2.24) is 0 Å². The fraction of sp³-hybridized carbons (Fsp3) is 0.571. The summed E-state index contributed by atoms with van der Waals surface area (Å²) < 4.78 is 0. The molecule has 1 heteroatoms. The third-order valence-electron chi connectivity index (χ3n) is 3.50. The maximum absolute atomic E-state index is 2.35. The number of aryl methyl sites for hydroxylation is 1. The lowest BCUT2D eigenvalue weighted by Gasteiger charge is -2.20. The second-order valence-corrected chi connectivity index (χ2v) is 7.46. The van der Waals surface area contributed by atoms with Crippen molar-refractivity contribution in [3.8, 4) is 0 Å². The van der Waals surface area contributed by atoms with E-state index in [1.807, 2.05) is 0 Å². The summed E-state index contributed by atoms with van der Waals surface area (Å²) in [5, 5.41) is 0. The first-order valence-corrected chi connectivity index (χ1v) is 8.42. The molecule has 0 unspecified atom stereocenters. The average Bonchev–Trinajstić information content (AvgIpc) is 2.31. The van der Waals surface area contributed by atoms with Crippen molar-refractivity contribution in [1.29, 1.82) is 0 Å². The van der Waals surface area contributed by atoms with E-state index in [0.29, 0.717) is 0 Å². The highest BCUT2D eigenvalue weighted by Gasteiger charge is 2.16. The topological polar surface area (TPSA) is 0 Å². The number of benzene rings is 1. The number of hydrogen-bond donors (Lipinski definition) is 0. The number of rotatable bonds is 3. The van der Waals surface area contributed by atoms with E-state index >= 15 is 0 Å². The Balaban J connectivity index is 2.02. The predicted octanol–water partition coefficient (Wildman–Crippen LogP) is 4.01. The summed E-state index contributed by atoms with van der Waals surface area (Å²) in [7, 11) is -0.0324. The lowest BCUT2D eigenvalue weighted by atomic mass is 10.1. The van der Waals surface area contributed by atoms with Crippen LogP contribution in [0.25, 0.3) is 0 Å². The Kier molecular flexibility index (Phi) is 4.01. The van der Waals surface area contributed by atoms with Gasteiger partial charge in [0, 0.05) is 0 Å². The van der Waals surface area contributed by atoms with Gasteiger partial charge in [0.1, 0.15) is 0 Å². The van der Waals surface area contributed by atoms with E-state index in [1.54, 1.807) is 23.2 Å². The normalized spacial score (nSPS) is 17.9. The summed E-state index contributed by atoms with van der Waals surface area (Å²) >= 11 is 0. The first-order chi connectivity index (χ1) is 7.40. The second kappa shape index (κ2) is 5.50. The van der Waals surface area contributed by atoms with Gasteiger partial charge in [0.25, 0.3) is 0 Å². The molecule has 0 aliphatic carbocycles. The van der Waals surface area contributed by atoms with Crippen LogP contribution in [0.1, 0.15) is 37.3 Å². The van der Waals surface area contributed by atoms with Crippen LogP contribution in [0.4, 0.5) is 0 Å². The summed E-state index contributed by atoms with van der Waals surface area (Å²) in [5.74, 6) is 0. The molecule has 0 nitrogen and oxygen atoms in total. The lowest BCUT2D eigenvalue weighted by molar-refractivity contribution is 0.719. The summed E-state index contributed by atoms with van der Waals surface area (Å²) in [6.45, 7) is 2.27. The molecule has 1 fully saturated rings. The molecule has 1 aliphatic heterocycles. The van der Waals surface area contributed by atoms with Gasteiger partial charge in [-0.1, -0.05) is 62.5 Å². The molecule has 1 saturated heterocycles. The van der Waals surface area contributed by atoms with E-state index in [1.165, 1.54) is 31.7 Å². The van der Waals surface area contributed by atoms with Gasteiger partial charge in [-0.2, -0.15) is 0 Å². The zero-order chi connectivity index (χ0) is 10.5. The molecule has 1 radical (unpaired) electrons. The van der Waals surface area contributed by atoms with Crippen LogP contribution >= 0.6 is 0 Å². The summed E-state index contributed by atoms with van der Waals surface area (Å²) in [6.07, 6.45) is 5.69. The van der Waals surface area contributed by atoms with Gasteiger partial charge in [-0.05, 0) is 23.6 Å². The summed E-state index contributed by atoms with van der Waals surface area (Å²) in [4.78, 5) is 0. The van der Waals surface area contributed by atoms with Crippen LogP contribution in [0.2, 0.25) is 12.1 Å². The smallest absolute Gasteiger partial charge is 0.0525 e. The Morgan fingerprint density at radius 1 is 1.00 bits per heavy atom. The van der Waals surface area contributed by atoms with Crippen LogP contribution in [0.3, 0.4) is 0 Å². The van der Waals surface area contributed by atoms with Gasteiger partial charge in [0.2, 0.25) is 0 Å². The molecule has 1 aliphatic rings. The maximum Gasteiger partial charge on any atom is 0.0525 e. The van der Waals surface area contributed by atoms with E-state index in [-0.39, 0.29) is 8.80 Å². The molecule has 0 amide bonds. The molecular weight excluding hydrogens is 196 g/mol. The molecule has 0 bridgehead atoms. The third kappa shape index (κ3) is 2.94. The molecule has 1 aromatic rings. The van der Waals surface area contributed by atoms with Gasteiger partial charge in [-0.25, -0.2) is 0 Å². The standard InChI is InChI=1S/C14H21Si/c1-2-13-8-4-5-9-14(13)12-15-10-6-3-7-11-15/h4-5,8-9H,2-3,6-7,10-12H2,1H3. The van der Waals surface area contributed by atoms with Crippen molar-refractivity contribution in [3.63, 3.8) is 0 Å². The maximum atomic E-state index is 2.35. The van der Waals surface area contributed by atoms with Gasteiger partial charge in [0.05, 0.1) is 8.80 Å². The van der Waals surface area contributed by atoms with Crippen LogP contribution in [0, 0.1) is 0 Å². The Hall–Kier alpha value is -0.563. The number of hydrogen-bond acceptors (Lipinski definition) is 0. The van der Waals surface area contributed by atoms with Crippen molar-refractivity contribution in [2.75, 3.05) is 0 Å². The fourth-order valence-electron chi connectivity index (χ4n) is 2.57. The molecular formula is C14H21Si. The third-order valence-corrected chi connectivity index (χ3v) is 6.50. The monoisotopic (exact) mass is 217 g/mol. The lowest BCUT2D eigenvalue weighted by Crippen LogP contribution is -2.20. The summed E-state index contributed by atoms with van der Waals surface area (Å²) in [5.41, 5.74) is 3.23. The van der Waals surface area contributed by atoms with Crippen molar-refractivity contribution in [2.24, 2.45) is 0 Å². The predicted molar refractivity (Wildman–Crippen MR) is 68.7 cm³/mol. The van der Waals surface area contributed by atoms with Crippen LogP contribution < -0.4 is 0 Å². The Morgan fingerprint density at radius 2 is 1.67 bits per heavy atom. The highest BCUT2D eigenvalue weighted by Crippen LogP contribution is 2.22. The van der Waals surface area contributed by atoms with Gasteiger partial charge in [0.15, 0.2) is 0 Å². The minimum absolute atomic E-state index is 0.0324. The van der Waals surface area contributed by atoms with Crippen molar-refractivity contribution < 1.29 is 0 Å². The molecule has 0 spiro atoms. The van der Waals surface area contributed by atoms with Crippen LogP contribution in [0.5, 0.6) is 0 Å². The van der Waals surface area contributed by atoms with Gasteiger partial charge in [-0.15, -0.1) is 0 Å². The highest BCUT2D eigenvalue weighted by molar-refractivity contribution is 6.58. The molecule has 0 atom stereocenters. The van der Waals surface area contributed by atoms with Crippen LogP contribution in [0.15, 0.2) is 24.3 Å². The molecule has 2 rings (SSSR count). The molecule has 1 aromatic carbocycles. The van der Waals surface area contributed by atoms with Crippen molar-refractivity contribution in [2.45, 2.75) is 50.7 Å². The fourth-order valence-corrected chi connectivity index (χ4v) is 5.56. The zero-order valence-electron chi connectivity index (χ0n) is 9.76. The first-order valence-electron chi connectivity index (χ1n) is 6.30.